The summed E-state index contributed by atoms with van der Waals surface area (Å²) in [6, 6.07) is 2.63. The molecule has 1 aromatic rings. The van der Waals surface area contributed by atoms with Gasteiger partial charge in [0.15, 0.2) is 0 Å². The van der Waals surface area contributed by atoms with E-state index in [1.165, 1.54) is 50.8 Å². The zero-order chi connectivity index (χ0) is 26.7. The second kappa shape index (κ2) is 12.2. The third-order valence-electron chi connectivity index (χ3n) is 9.74. The summed E-state index contributed by atoms with van der Waals surface area (Å²) in [6.45, 7) is 12.1. The number of amides is 1. The van der Waals surface area contributed by atoms with Gasteiger partial charge in [-0.25, -0.2) is 9.97 Å². The highest BCUT2D eigenvalue weighted by Gasteiger charge is 2.30. The van der Waals surface area contributed by atoms with E-state index in [0.29, 0.717) is 12.0 Å². The number of hydrogen-bond acceptors (Lipinski definition) is 6. The first-order chi connectivity index (χ1) is 18.2. The topological polar surface area (TPSA) is 81.6 Å². The third kappa shape index (κ3) is 7.07. The third-order valence-corrected chi connectivity index (χ3v) is 9.74. The molecular weight excluding hydrogens is 474 g/mol. The van der Waals surface area contributed by atoms with Crippen LogP contribution in [0.5, 0.6) is 0 Å². The minimum atomic E-state index is -0.198. The fourth-order valence-electron chi connectivity index (χ4n) is 6.68. The molecule has 212 valence electrons. The van der Waals surface area contributed by atoms with Gasteiger partial charge < -0.3 is 15.3 Å². The Bertz CT molecular complexity index is 919. The molecule has 0 atom stereocenters. The molecule has 2 heterocycles. The van der Waals surface area contributed by atoms with Crippen molar-refractivity contribution in [1.29, 1.82) is 0 Å². The summed E-state index contributed by atoms with van der Waals surface area (Å²) in [5.41, 5.74) is 1.23. The second-order valence-electron chi connectivity index (χ2n) is 13.7. The normalized spacial score (nSPS) is 29.6. The van der Waals surface area contributed by atoms with Crippen LogP contribution in [0, 0.1) is 11.8 Å². The minimum absolute atomic E-state index is 0.0302. The van der Waals surface area contributed by atoms with Crippen molar-refractivity contribution in [3.8, 4) is 0 Å². The lowest BCUT2D eigenvalue weighted by Crippen LogP contribution is -2.47. The predicted octanol–water partition coefficient (Wildman–Crippen LogP) is 4.78. The zero-order valence-corrected chi connectivity index (χ0v) is 24.1. The average molecular weight is 526 g/mol. The molecule has 5 rings (SSSR count). The van der Waals surface area contributed by atoms with Crippen LogP contribution in [0.15, 0.2) is 6.07 Å². The molecule has 38 heavy (non-hydrogen) atoms. The smallest absolute Gasteiger partial charge is 0.223 e. The Morgan fingerprint density at radius 3 is 2.24 bits per heavy atom. The Kier molecular flexibility index (Phi) is 8.93. The summed E-state index contributed by atoms with van der Waals surface area (Å²) in [5.74, 6) is 3.88. The van der Waals surface area contributed by atoms with E-state index in [-0.39, 0.29) is 23.3 Å². The fraction of sp³-hybridized carbons (Fsp3) is 0.839. The van der Waals surface area contributed by atoms with Gasteiger partial charge in [-0.15, -0.1) is 0 Å². The van der Waals surface area contributed by atoms with Crippen molar-refractivity contribution >= 4 is 11.7 Å². The van der Waals surface area contributed by atoms with Crippen LogP contribution in [0.4, 0.5) is 5.82 Å². The van der Waals surface area contributed by atoms with E-state index in [4.69, 9.17) is 9.97 Å². The second-order valence-corrected chi connectivity index (χ2v) is 13.7. The van der Waals surface area contributed by atoms with Crippen LogP contribution >= 0.6 is 0 Å². The zero-order valence-electron chi connectivity index (χ0n) is 24.1. The summed E-state index contributed by atoms with van der Waals surface area (Å²) in [5, 5.41) is 13.0. The lowest BCUT2D eigenvalue weighted by Gasteiger charge is -2.37. The molecule has 2 N–H and O–H groups in total. The molecule has 0 unspecified atom stereocenters. The molecule has 0 bridgehead atoms. The first-order valence-corrected chi connectivity index (χ1v) is 15.6. The number of rotatable bonds is 7. The summed E-state index contributed by atoms with van der Waals surface area (Å²) < 4.78 is 0. The van der Waals surface area contributed by atoms with Gasteiger partial charge in [-0.2, -0.15) is 0 Å². The molecule has 1 aliphatic heterocycles. The van der Waals surface area contributed by atoms with Crippen LogP contribution in [0.1, 0.15) is 115 Å². The maximum atomic E-state index is 12.6. The maximum absolute atomic E-state index is 12.6. The number of piperazine rings is 1. The maximum Gasteiger partial charge on any atom is 0.223 e. The first-order valence-electron chi connectivity index (χ1n) is 15.6. The number of aliphatic hydroxyl groups excluding tert-OH is 1. The molecule has 0 spiro atoms. The lowest BCUT2D eigenvalue weighted by atomic mass is 9.82. The van der Waals surface area contributed by atoms with Gasteiger partial charge in [0.05, 0.1) is 6.10 Å². The van der Waals surface area contributed by atoms with Crippen molar-refractivity contribution < 1.29 is 9.90 Å². The quantitative estimate of drug-likeness (QED) is 0.533. The fourth-order valence-corrected chi connectivity index (χ4v) is 6.68. The van der Waals surface area contributed by atoms with Gasteiger partial charge in [-0.1, -0.05) is 27.2 Å². The van der Waals surface area contributed by atoms with E-state index in [1.807, 2.05) is 0 Å². The van der Waals surface area contributed by atoms with Gasteiger partial charge in [0.2, 0.25) is 5.91 Å². The van der Waals surface area contributed by atoms with E-state index in [1.54, 1.807) is 0 Å². The Labute approximate surface area is 230 Å². The van der Waals surface area contributed by atoms with Crippen molar-refractivity contribution in [2.75, 3.05) is 37.6 Å². The number of aromatic nitrogens is 2. The van der Waals surface area contributed by atoms with E-state index >= 15 is 0 Å². The average Bonchev–Trinajstić information content (AvgIpc) is 2.87. The molecule has 0 radical (unpaired) electrons. The van der Waals surface area contributed by atoms with Gasteiger partial charge in [-0.3, -0.25) is 9.69 Å². The number of carbonyl (C=O) groups excluding carboxylic acids is 1. The van der Waals surface area contributed by atoms with Crippen molar-refractivity contribution in [2.24, 2.45) is 11.8 Å². The summed E-state index contributed by atoms with van der Waals surface area (Å²) >= 11 is 0. The summed E-state index contributed by atoms with van der Waals surface area (Å²) in [7, 11) is 0. The van der Waals surface area contributed by atoms with Gasteiger partial charge in [0, 0.05) is 61.2 Å². The molecule has 1 aromatic heterocycles. The number of nitrogens with one attached hydrogen (secondary N) is 1. The number of carbonyl (C=O) groups is 1. The highest BCUT2D eigenvalue weighted by atomic mass is 16.3. The van der Waals surface area contributed by atoms with Crippen LogP contribution < -0.4 is 10.2 Å². The molecule has 3 saturated carbocycles. The Morgan fingerprint density at radius 2 is 1.63 bits per heavy atom. The molecule has 4 aliphatic rings. The highest BCUT2D eigenvalue weighted by Crippen LogP contribution is 2.37. The Morgan fingerprint density at radius 1 is 0.947 bits per heavy atom. The van der Waals surface area contributed by atoms with E-state index < -0.39 is 0 Å². The monoisotopic (exact) mass is 525 g/mol. The molecule has 4 fully saturated rings. The number of nitrogens with zero attached hydrogens (tertiary/aromatic N) is 4. The van der Waals surface area contributed by atoms with Crippen LogP contribution in [-0.2, 0) is 10.2 Å². The van der Waals surface area contributed by atoms with Crippen molar-refractivity contribution in [3.63, 3.8) is 0 Å². The highest BCUT2D eigenvalue weighted by molar-refractivity contribution is 5.79. The van der Waals surface area contributed by atoms with Crippen LogP contribution in [0.25, 0.3) is 0 Å². The van der Waals surface area contributed by atoms with Gasteiger partial charge in [0.25, 0.3) is 0 Å². The van der Waals surface area contributed by atoms with Gasteiger partial charge in [0.1, 0.15) is 11.6 Å². The number of aliphatic hydroxyl groups is 1. The molecule has 7 nitrogen and oxygen atoms in total. The van der Waals surface area contributed by atoms with Crippen molar-refractivity contribution in [3.05, 3.63) is 17.6 Å². The van der Waals surface area contributed by atoms with E-state index in [0.717, 1.165) is 82.3 Å². The van der Waals surface area contributed by atoms with E-state index in [2.05, 4.69) is 42.0 Å². The predicted molar refractivity (Wildman–Crippen MR) is 152 cm³/mol. The minimum Gasteiger partial charge on any atom is -0.393 e. The number of hydrogen-bond donors (Lipinski definition) is 2. The summed E-state index contributed by atoms with van der Waals surface area (Å²) in [6.07, 6.45) is 12.9. The lowest BCUT2D eigenvalue weighted by molar-refractivity contribution is -0.127. The Hall–Kier alpha value is -1.73. The molecule has 1 amide bonds. The molecule has 0 aromatic carbocycles. The SMILES string of the molecule is CC(C)(C)c1nc(C2CCC2)cc(N2CCN(CC[C@H]3CC[C@H](NC(=O)[C@H]4CC[C@@H](O)CC4)CC3)CC2)n1. The van der Waals surface area contributed by atoms with Gasteiger partial charge >= 0.3 is 0 Å². The van der Waals surface area contributed by atoms with Gasteiger partial charge in [-0.05, 0) is 83.1 Å². The molecular formula is C31H51N5O2. The summed E-state index contributed by atoms with van der Waals surface area (Å²) in [4.78, 5) is 27.8. The first kappa shape index (κ1) is 27.8. The van der Waals surface area contributed by atoms with Crippen LogP contribution in [-0.4, -0.2) is 70.8 Å². The number of anilines is 1. The van der Waals surface area contributed by atoms with Crippen LogP contribution in [0.2, 0.25) is 0 Å². The molecule has 1 saturated heterocycles. The van der Waals surface area contributed by atoms with Crippen molar-refractivity contribution in [1.82, 2.24) is 20.2 Å². The van der Waals surface area contributed by atoms with Crippen LogP contribution in [0.3, 0.4) is 0 Å². The largest absolute Gasteiger partial charge is 0.393 e. The molecule has 3 aliphatic carbocycles. The Balaban J connectivity index is 1.04. The van der Waals surface area contributed by atoms with E-state index in [9.17, 15) is 9.90 Å². The molecule has 7 heteroatoms. The van der Waals surface area contributed by atoms with Crippen molar-refractivity contribution in [2.45, 2.75) is 121 Å². The standard InChI is InChI=1S/C31H51N5O2/c1-31(2,3)30-33-27(23-5-4-6-23)21-28(34-30)36-19-17-35(18-20-36)16-15-22-7-11-25(12-8-22)32-29(38)24-9-13-26(37)14-10-24/h21-26,37H,4-20H2,1-3H3,(H,32,38)/t22-,24-,25-,26+.